The third-order valence-corrected chi connectivity index (χ3v) is 18.8. The van der Waals surface area contributed by atoms with Crippen LogP contribution in [0.3, 0.4) is 0 Å². The fraction of sp³-hybridized carbons (Fsp3) is 0.167. The van der Waals surface area contributed by atoms with E-state index in [0.717, 1.165) is 69.2 Å². The Morgan fingerprint density at radius 3 is 0.808 bits per heavy atom. The van der Waals surface area contributed by atoms with E-state index < -0.39 is 16.2 Å². The van der Waals surface area contributed by atoms with Gasteiger partial charge in [-0.15, -0.1) is 0 Å². The first-order chi connectivity index (χ1) is 38.1. The van der Waals surface area contributed by atoms with Gasteiger partial charge in [0.05, 0.1) is 21.3 Å². The highest BCUT2D eigenvalue weighted by Crippen LogP contribution is 2.70. The van der Waals surface area contributed by atoms with Gasteiger partial charge < -0.3 is 14.2 Å². The number of fused-ring (bicyclic) bond motifs is 12. The monoisotopic (exact) mass is 1210 g/mol. The number of methoxy groups -OCH3 is 3. The van der Waals surface area contributed by atoms with Crippen LogP contribution in [-0.2, 0) is 54.8 Å². The van der Waals surface area contributed by atoms with E-state index >= 15 is 0 Å². The van der Waals surface area contributed by atoms with Crippen LogP contribution in [0.4, 0.5) is 0 Å². The highest BCUT2D eigenvalue weighted by Gasteiger charge is 2.58. The molecule has 78 heavy (non-hydrogen) atoms. The van der Waals surface area contributed by atoms with Crippen LogP contribution in [0, 0.1) is 0 Å². The summed E-state index contributed by atoms with van der Waals surface area (Å²) in [5, 5.41) is 0. The van der Waals surface area contributed by atoms with Crippen molar-refractivity contribution in [2.75, 3.05) is 21.3 Å². The molecule has 384 valence electrons. The molecule has 0 bridgehead atoms. The zero-order valence-corrected chi connectivity index (χ0v) is 48.6. The van der Waals surface area contributed by atoms with Crippen molar-refractivity contribution in [3.63, 3.8) is 0 Å². The van der Waals surface area contributed by atoms with Crippen molar-refractivity contribution in [3.8, 4) is 50.6 Å². The summed E-state index contributed by atoms with van der Waals surface area (Å²) < 4.78 is 21.3. The average molecular weight is 1210 g/mol. The molecule has 3 atom stereocenters. The van der Waals surface area contributed by atoms with Gasteiger partial charge in [-0.3, -0.25) is 0 Å². The summed E-state index contributed by atoms with van der Waals surface area (Å²) in [4.78, 5) is 0. The predicted molar refractivity (Wildman–Crippen MR) is 329 cm³/mol. The van der Waals surface area contributed by atoms with E-state index in [9.17, 15) is 0 Å². The Hall–Kier alpha value is -6.96. The van der Waals surface area contributed by atoms with Crippen LogP contribution in [0.25, 0.3) is 33.4 Å². The van der Waals surface area contributed by atoms with Crippen molar-refractivity contribution in [2.45, 2.75) is 54.8 Å². The van der Waals surface area contributed by atoms with Crippen LogP contribution < -0.4 is 14.2 Å². The minimum absolute atomic E-state index is 0.559. The molecule has 0 saturated heterocycles. The molecule has 10 aromatic rings. The molecule has 6 heteroatoms. The Morgan fingerprint density at radius 1 is 0.282 bits per heavy atom. The Kier molecular flexibility index (Phi) is 13.2. The molecular formula is C72H57Br3O3. The number of rotatable bonds is 15. The van der Waals surface area contributed by atoms with E-state index in [1.54, 1.807) is 21.3 Å². The maximum absolute atomic E-state index is 6.04. The van der Waals surface area contributed by atoms with Gasteiger partial charge in [0.15, 0.2) is 0 Å². The maximum Gasteiger partial charge on any atom is 0.119 e. The Morgan fingerprint density at radius 2 is 0.538 bits per heavy atom. The minimum atomic E-state index is -0.559. The minimum Gasteiger partial charge on any atom is -0.497 e. The number of hydrogen-bond donors (Lipinski definition) is 0. The third-order valence-electron chi connectivity index (χ3n) is 17.2. The van der Waals surface area contributed by atoms with Gasteiger partial charge in [0.25, 0.3) is 0 Å². The Bertz CT molecular complexity index is 3500. The lowest BCUT2D eigenvalue weighted by Crippen LogP contribution is -2.36. The molecule has 0 amide bonds. The molecule has 3 nitrogen and oxygen atoms in total. The summed E-state index contributed by atoms with van der Waals surface area (Å²) in [5.74, 6) is 2.57. The number of halogens is 3. The van der Waals surface area contributed by atoms with Crippen LogP contribution in [-0.4, -0.2) is 21.3 Å². The number of hydrogen-bond acceptors (Lipinski definition) is 3. The summed E-state index contributed by atoms with van der Waals surface area (Å²) in [5.41, 5.74) is 22.2. The smallest absolute Gasteiger partial charge is 0.119 e. The second-order valence-electron chi connectivity index (χ2n) is 21.6. The SMILES string of the molecule is COc1cccc(C[C@@]2(Cc3ccc(Br)cc3)c3ccccc3-c3c2c2c(c4c3[C@](Cc3ccc(Br)cc3)(Cc3cccc(OC)c3)c3ccccc3-4)[C@](Cc3ccc(Br)cc3)(Cc3cccc(OC)c3)c3ccccc3-2)c1. The predicted octanol–water partition coefficient (Wildman–Crippen LogP) is 18.3. The summed E-state index contributed by atoms with van der Waals surface area (Å²) in [6.07, 6.45) is 4.55. The standard InChI is InChI=1S/C72H57Br3O3/c1-76-55-16-10-13-49(37-55)43-70(40-46-25-31-52(73)32-26-46)61-22-7-4-19-58(61)64-67(70)65-59-20-5-8-23-62(59)71(41-47-27-33-53(74)34-28-47,44-50-14-11-17-56(38-50)77-2)69(65)66-60-21-6-9-24-63(60)72(68(64)66,42-48-29-35-54(75)36-30-48)45-51-15-12-18-57(39-51)78-3/h4-39H,40-45H2,1-3H3/t70-,71-,72+/m1/s1. The highest BCUT2D eigenvalue weighted by atomic mass is 79.9. The van der Waals surface area contributed by atoms with Crippen LogP contribution in [0.5, 0.6) is 17.2 Å². The molecule has 10 aromatic carbocycles. The van der Waals surface area contributed by atoms with Gasteiger partial charge in [-0.05, 0) is 211 Å². The van der Waals surface area contributed by atoms with Gasteiger partial charge in [-0.1, -0.05) is 193 Å². The first-order valence-corrected chi connectivity index (χ1v) is 29.2. The zero-order valence-electron chi connectivity index (χ0n) is 43.9. The summed E-state index contributed by atoms with van der Waals surface area (Å²) in [6, 6.07) is 82.1. The first kappa shape index (κ1) is 50.5. The van der Waals surface area contributed by atoms with E-state index in [1.807, 2.05) is 0 Å². The Balaban J connectivity index is 1.26. The molecule has 0 aliphatic heterocycles. The molecule has 3 aliphatic carbocycles. The number of benzene rings is 10. The molecule has 0 unspecified atom stereocenters. The normalized spacial score (nSPS) is 18.1. The van der Waals surface area contributed by atoms with Crippen LogP contribution in [0.15, 0.2) is 232 Å². The van der Waals surface area contributed by atoms with Gasteiger partial charge in [0, 0.05) is 29.7 Å². The van der Waals surface area contributed by atoms with Gasteiger partial charge in [-0.25, -0.2) is 0 Å². The van der Waals surface area contributed by atoms with Gasteiger partial charge in [0.2, 0.25) is 0 Å². The fourth-order valence-corrected chi connectivity index (χ4v) is 15.1. The van der Waals surface area contributed by atoms with Crippen molar-refractivity contribution in [1.82, 2.24) is 0 Å². The quantitative estimate of drug-likeness (QED) is 0.102. The van der Waals surface area contributed by atoms with E-state index in [2.05, 4.69) is 266 Å². The molecule has 13 rings (SSSR count). The topological polar surface area (TPSA) is 27.7 Å². The van der Waals surface area contributed by atoms with Gasteiger partial charge >= 0.3 is 0 Å². The van der Waals surface area contributed by atoms with Crippen molar-refractivity contribution < 1.29 is 14.2 Å². The van der Waals surface area contributed by atoms with Crippen LogP contribution >= 0.6 is 47.8 Å². The highest BCUT2D eigenvalue weighted by molar-refractivity contribution is 9.11. The lowest BCUT2D eigenvalue weighted by atomic mass is 9.62. The molecule has 3 aliphatic rings. The summed E-state index contributed by atoms with van der Waals surface area (Å²) in [7, 11) is 5.34. The van der Waals surface area contributed by atoms with Crippen molar-refractivity contribution in [3.05, 3.63) is 299 Å². The largest absolute Gasteiger partial charge is 0.497 e. The van der Waals surface area contributed by atoms with Crippen molar-refractivity contribution in [1.29, 1.82) is 0 Å². The second-order valence-corrected chi connectivity index (χ2v) is 24.4. The second kappa shape index (κ2) is 20.4. The molecular weight excluding hydrogens is 1150 g/mol. The number of ether oxygens (including phenoxy) is 3. The van der Waals surface area contributed by atoms with E-state index in [0.29, 0.717) is 0 Å². The zero-order chi connectivity index (χ0) is 53.2. The fourth-order valence-electron chi connectivity index (χ4n) is 14.3. The van der Waals surface area contributed by atoms with Gasteiger partial charge in [-0.2, -0.15) is 0 Å². The van der Waals surface area contributed by atoms with E-state index in [1.165, 1.54) is 100 Å². The molecule has 0 saturated carbocycles. The van der Waals surface area contributed by atoms with Crippen LogP contribution in [0.1, 0.15) is 66.8 Å². The molecule has 0 spiro atoms. The molecule has 0 heterocycles. The Labute approximate surface area is 483 Å². The summed E-state index contributed by atoms with van der Waals surface area (Å²) >= 11 is 11.5. The van der Waals surface area contributed by atoms with E-state index in [4.69, 9.17) is 14.2 Å². The lowest BCUT2D eigenvalue weighted by Gasteiger charge is -2.40. The van der Waals surface area contributed by atoms with Gasteiger partial charge in [0.1, 0.15) is 17.2 Å². The van der Waals surface area contributed by atoms with Crippen LogP contribution in [0.2, 0.25) is 0 Å². The maximum atomic E-state index is 6.04. The molecule has 0 aromatic heterocycles. The molecule has 0 fully saturated rings. The van der Waals surface area contributed by atoms with Crippen molar-refractivity contribution >= 4 is 47.8 Å². The van der Waals surface area contributed by atoms with Crippen molar-refractivity contribution in [2.24, 2.45) is 0 Å². The average Bonchev–Trinajstić information content (AvgIpc) is 4.14. The lowest BCUT2D eigenvalue weighted by molar-refractivity contribution is 0.413. The summed E-state index contributed by atoms with van der Waals surface area (Å²) in [6.45, 7) is 0. The molecule has 0 N–H and O–H groups in total. The first-order valence-electron chi connectivity index (χ1n) is 26.8. The van der Waals surface area contributed by atoms with E-state index in [-0.39, 0.29) is 0 Å². The third kappa shape index (κ3) is 8.49. The molecule has 0 radical (unpaired) electrons.